The van der Waals surface area contributed by atoms with Crippen molar-refractivity contribution in [3.8, 4) is 0 Å². The van der Waals surface area contributed by atoms with Crippen LogP contribution in [0.5, 0.6) is 0 Å². The maximum absolute atomic E-state index is 2.65. The van der Waals surface area contributed by atoms with E-state index >= 15 is 0 Å². The highest BCUT2D eigenvalue weighted by Crippen LogP contribution is 2.39. The molecule has 0 aliphatic heterocycles. The number of hydrogen-bond donors (Lipinski definition) is 0. The SMILES string of the molecule is CCCCC1CC=C(C2CCC(CCC)CC2)CC1. The van der Waals surface area contributed by atoms with Crippen molar-refractivity contribution in [2.24, 2.45) is 17.8 Å². The summed E-state index contributed by atoms with van der Waals surface area (Å²) >= 11 is 0. The second-order valence-corrected chi connectivity index (χ2v) is 7.07. The van der Waals surface area contributed by atoms with Gasteiger partial charge in [0.1, 0.15) is 0 Å². The van der Waals surface area contributed by atoms with E-state index in [1.54, 1.807) is 0 Å². The minimum Gasteiger partial charge on any atom is -0.0848 e. The smallest absolute Gasteiger partial charge is 0.0203 e. The van der Waals surface area contributed by atoms with Crippen LogP contribution in [-0.4, -0.2) is 0 Å². The quantitative estimate of drug-likeness (QED) is 0.479. The minimum absolute atomic E-state index is 0.972. The summed E-state index contributed by atoms with van der Waals surface area (Å²) in [5, 5.41) is 0. The molecule has 1 unspecified atom stereocenters. The van der Waals surface area contributed by atoms with Crippen molar-refractivity contribution in [3.63, 3.8) is 0 Å². The molecule has 0 N–H and O–H groups in total. The van der Waals surface area contributed by atoms with Gasteiger partial charge in [0.2, 0.25) is 0 Å². The lowest BCUT2D eigenvalue weighted by molar-refractivity contribution is 0.275. The van der Waals surface area contributed by atoms with Crippen molar-refractivity contribution < 1.29 is 0 Å². The number of hydrogen-bond acceptors (Lipinski definition) is 0. The molecule has 2 aliphatic carbocycles. The van der Waals surface area contributed by atoms with Crippen molar-refractivity contribution in [2.45, 2.75) is 90.9 Å². The summed E-state index contributed by atoms with van der Waals surface area (Å²) in [6.07, 6.45) is 20.1. The Hall–Kier alpha value is -0.260. The molecular formula is C19H34. The maximum atomic E-state index is 2.65. The van der Waals surface area contributed by atoms with E-state index in [4.69, 9.17) is 0 Å². The van der Waals surface area contributed by atoms with Crippen LogP contribution in [-0.2, 0) is 0 Å². The zero-order valence-corrected chi connectivity index (χ0v) is 13.3. The fourth-order valence-corrected chi connectivity index (χ4v) is 4.26. The summed E-state index contributed by atoms with van der Waals surface area (Å²) in [7, 11) is 0. The van der Waals surface area contributed by atoms with Crippen molar-refractivity contribution in [1.29, 1.82) is 0 Å². The minimum atomic E-state index is 0.972. The molecule has 0 amide bonds. The summed E-state index contributed by atoms with van der Waals surface area (Å²) in [5.74, 6) is 3.04. The molecule has 2 rings (SSSR count). The van der Waals surface area contributed by atoms with E-state index in [0.717, 1.165) is 17.8 Å². The van der Waals surface area contributed by atoms with E-state index in [1.807, 2.05) is 5.57 Å². The van der Waals surface area contributed by atoms with Gasteiger partial charge in [-0.2, -0.15) is 0 Å². The molecule has 110 valence electrons. The monoisotopic (exact) mass is 262 g/mol. The van der Waals surface area contributed by atoms with Gasteiger partial charge in [-0.1, -0.05) is 57.6 Å². The summed E-state index contributed by atoms with van der Waals surface area (Å²) in [5.41, 5.74) is 1.85. The molecule has 0 heterocycles. The van der Waals surface area contributed by atoms with Crippen LogP contribution in [0.3, 0.4) is 0 Å². The predicted octanol–water partition coefficient (Wildman–Crippen LogP) is 6.51. The van der Waals surface area contributed by atoms with Crippen LogP contribution in [0.2, 0.25) is 0 Å². The first-order chi connectivity index (χ1) is 9.33. The highest BCUT2D eigenvalue weighted by atomic mass is 14.3. The fourth-order valence-electron chi connectivity index (χ4n) is 4.26. The molecule has 2 aliphatic rings. The maximum Gasteiger partial charge on any atom is -0.0203 e. The molecule has 19 heavy (non-hydrogen) atoms. The first-order valence-corrected chi connectivity index (χ1v) is 9.02. The van der Waals surface area contributed by atoms with Crippen LogP contribution in [0, 0.1) is 17.8 Å². The Balaban J connectivity index is 1.73. The summed E-state index contributed by atoms with van der Waals surface area (Å²) in [6.45, 7) is 4.66. The lowest BCUT2D eigenvalue weighted by Crippen LogP contribution is -2.18. The van der Waals surface area contributed by atoms with Crippen LogP contribution in [0.15, 0.2) is 11.6 Å². The Kier molecular flexibility index (Phi) is 6.47. The third-order valence-corrected chi connectivity index (χ3v) is 5.59. The molecule has 0 heteroatoms. The number of allylic oxidation sites excluding steroid dienone is 2. The average Bonchev–Trinajstić information content (AvgIpc) is 2.47. The fraction of sp³-hybridized carbons (Fsp3) is 0.895. The molecule has 0 aromatic heterocycles. The Bertz CT molecular complexity index is 268. The lowest BCUT2D eigenvalue weighted by Gasteiger charge is -2.33. The van der Waals surface area contributed by atoms with E-state index < -0.39 is 0 Å². The molecule has 0 aromatic rings. The third kappa shape index (κ3) is 4.65. The molecule has 0 saturated heterocycles. The van der Waals surface area contributed by atoms with Crippen LogP contribution >= 0.6 is 0 Å². The second kappa shape index (κ2) is 8.12. The zero-order chi connectivity index (χ0) is 13.5. The van der Waals surface area contributed by atoms with Gasteiger partial charge in [-0.05, 0) is 62.7 Å². The van der Waals surface area contributed by atoms with Crippen LogP contribution in [0.25, 0.3) is 0 Å². The van der Waals surface area contributed by atoms with Crippen molar-refractivity contribution >= 4 is 0 Å². The van der Waals surface area contributed by atoms with Gasteiger partial charge in [0.05, 0.1) is 0 Å². The van der Waals surface area contributed by atoms with Gasteiger partial charge >= 0.3 is 0 Å². The Labute approximate surface area is 121 Å². The van der Waals surface area contributed by atoms with E-state index in [2.05, 4.69) is 19.9 Å². The third-order valence-electron chi connectivity index (χ3n) is 5.59. The van der Waals surface area contributed by atoms with Gasteiger partial charge in [-0.15, -0.1) is 0 Å². The van der Waals surface area contributed by atoms with Crippen molar-refractivity contribution in [3.05, 3.63) is 11.6 Å². The molecule has 1 saturated carbocycles. The Morgan fingerprint density at radius 3 is 2.26 bits per heavy atom. The highest BCUT2D eigenvalue weighted by molar-refractivity contribution is 5.11. The lowest BCUT2D eigenvalue weighted by atomic mass is 9.73. The Morgan fingerprint density at radius 1 is 0.895 bits per heavy atom. The van der Waals surface area contributed by atoms with E-state index in [1.165, 1.54) is 77.0 Å². The molecule has 1 fully saturated rings. The topological polar surface area (TPSA) is 0 Å². The van der Waals surface area contributed by atoms with E-state index in [9.17, 15) is 0 Å². The zero-order valence-electron chi connectivity index (χ0n) is 13.3. The number of unbranched alkanes of at least 4 members (excludes halogenated alkanes) is 1. The van der Waals surface area contributed by atoms with Crippen LogP contribution in [0.1, 0.15) is 90.9 Å². The van der Waals surface area contributed by atoms with Gasteiger partial charge in [0, 0.05) is 0 Å². The summed E-state index contributed by atoms with van der Waals surface area (Å²) in [4.78, 5) is 0. The first-order valence-electron chi connectivity index (χ1n) is 9.02. The van der Waals surface area contributed by atoms with E-state index in [0.29, 0.717) is 0 Å². The van der Waals surface area contributed by atoms with Gasteiger partial charge < -0.3 is 0 Å². The normalized spacial score (nSPS) is 32.1. The standard InChI is InChI=1S/C19H34/c1-3-5-7-17-10-14-19(15-11-17)18-12-8-16(6-4-2)9-13-18/h14,16-18H,3-13,15H2,1-2H3. The first kappa shape index (κ1) is 15.1. The molecule has 0 radical (unpaired) electrons. The molecule has 1 atom stereocenters. The molecule has 0 nitrogen and oxygen atoms in total. The van der Waals surface area contributed by atoms with Gasteiger partial charge in [-0.25, -0.2) is 0 Å². The highest BCUT2D eigenvalue weighted by Gasteiger charge is 2.25. The molecule has 0 aromatic carbocycles. The van der Waals surface area contributed by atoms with Crippen LogP contribution < -0.4 is 0 Å². The summed E-state index contributed by atoms with van der Waals surface area (Å²) < 4.78 is 0. The van der Waals surface area contributed by atoms with Gasteiger partial charge in [0.25, 0.3) is 0 Å². The predicted molar refractivity (Wildman–Crippen MR) is 85.3 cm³/mol. The van der Waals surface area contributed by atoms with Crippen LogP contribution in [0.4, 0.5) is 0 Å². The molecule has 0 spiro atoms. The van der Waals surface area contributed by atoms with E-state index in [-0.39, 0.29) is 0 Å². The van der Waals surface area contributed by atoms with Gasteiger partial charge in [-0.3, -0.25) is 0 Å². The molecule has 0 bridgehead atoms. The summed E-state index contributed by atoms with van der Waals surface area (Å²) in [6, 6.07) is 0. The Morgan fingerprint density at radius 2 is 1.68 bits per heavy atom. The van der Waals surface area contributed by atoms with Crippen molar-refractivity contribution in [2.75, 3.05) is 0 Å². The largest absolute Gasteiger partial charge is 0.0848 e. The van der Waals surface area contributed by atoms with Crippen molar-refractivity contribution in [1.82, 2.24) is 0 Å². The van der Waals surface area contributed by atoms with Gasteiger partial charge in [0.15, 0.2) is 0 Å². The average molecular weight is 262 g/mol. The second-order valence-electron chi connectivity index (χ2n) is 7.07. The molecular weight excluding hydrogens is 228 g/mol. The number of rotatable bonds is 6.